The largest absolute Gasteiger partial charge is 0.481 e. The second kappa shape index (κ2) is 12.5. The number of carboxylic acids is 3. The zero-order valence-electron chi connectivity index (χ0n) is 14.6. The molecule has 0 radical (unpaired) electrons. The Bertz CT molecular complexity index is 628. The molecule has 14 heteroatoms. The van der Waals surface area contributed by atoms with Gasteiger partial charge < -0.3 is 37.0 Å². The molecule has 0 saturated carbocycles. The summed E-state index contributed by atoms with van der Waals surface area (Å²) in [7, 11) is 0. The number of nitrogens with one attached hydrogen (secondary N) is 3. The Morgan fingerprint density at radius 3 is 1.96 bits per heavy atom. The number of hydrogen-bond donors (Lipinski definition) is 8. The third-order valence-corrected chi connectivity index (χ3v) is 3.64. The van der Waals surface area contributed by atoms with Gasteiger partial charge in [-0.15, -0.1) is 0 Å². The minimum atomic E-state index is -1.52. The SMILES string of the molecule is NC(CS)C(=O)NC(CC(=O)O)C(=O)NCC(=O)NC(CCC(=O)O)C(=O)O. The minimum absolute atomic E-state index is 0.0530. The standard InChI is InChI=1S/C14H22N4O9S/c15-6(5-28)12(24)18-8(3-11(22)23)13(25)16-4-9(19)17-7(14(26)27)1-2-10(20)21/h6-8,28H,1-5,15H2,(H,16,25)(H,17,19)(H,18,24)(H,20,21)(H,22,23)(H,26,27). The van der Waals surface area contributed by atoms with E-state index in [0.29, 0.717) is 0 Å². The number of nitrogens with two attached hydrogens (primary N) is 1. The molecule has 0 aliphatic carbocycles. The lowest BCUT2D eigenvalue weighted by Gasteiger charge is -2.19. The van der Waals surface area contributed by atoms with Gasteiger partial charge in [-0.1, -0.05) is 0 Å². The van der Waals surface area contributed by atoms with Crippen molar-refractivity contribution in [2.24, 2.45) is 5.73 Å². The zero-order chi connectivity index (χ0) is 21.9. The van der Waals surface area contributed by atoms with Gasteiger partial charge in [0.15, 0.2) is 0 Å². The van der Waals surface area contributed by atoms with Gasteiger partial charge in [-0.05, 0) is 6.42 Å². The molecule has 28 heavy (non-hydrogen) atoms. The molecule has 3 atom stereocenters. The molecule has 0 heterocycles. The molecule has 0 rings (SSSR count). The van der Waals surface area contributed by atoms with E-state index in [1.165, 1.54) is 0 Å². The van der Waals surface area contributed by atoms with Crippen molar-refractivity contribution in [2.45, 2.75) is 37.4 Å². The van der Waals surface area contributed by atoms with E-state index in [-0.39, 0.29) is 12.2 Å². The quantitative estimate of drug-likeness (QED) is 0.138. The first-order valence-electron chi connectivity index (χ1n) is 7.88. The minimum Gasteiger partial charge on any atom is -0.481 e. The molecule has 0 spiro atoms. The summed E-state index contributed by atoms with van der Waals surface area (Å²) in [6, 6.07) is -4.09. The van der Waals surface area contributed by atoms with Crippen LogP contribution in [0.1, 0.15) is 19.3 Å². The molecule has 0 aliphatic heterocycles. The van der Waals surface area contributed by atoms with Crippen LogP contribution in [-0.4, -0.2) is 81.4 Å². The molecule has 0 bridgehead atoms. The van der Waals surface area contributed by atoms with E-state index in [4.69, 9.17) is 21.1 Å². The molecule has 8 N–H and O–H groups in total. The number of carboxylic acid groups (broad SMARTS) is 3. The third kappa shape index (κ3) is 10.3. The van der Waals surface area contributed by atoms with Gasteiger partial charge in [-0.2, -0.15) is 12.6 Å². The number of amides is 3. The van der Waals surface area contributed by atoms with E-state index >= 15 is 0 Å². The van der Waals surface area contributed by atoms with Gasteiger partial charge in [0.05, 0.1) is 19.0 Å². The van der Waals surface area contributed by atoms with Crippen LogP contribution in [0, 0.1) is 0 Å². The maximum atomic E-state index is 12.0. The molecule has 0 aliphatic rings. The number of rotatable bonds is 13. The van der Waals surface area contributed by atoms with Crippen molar-refractivity contribution in [2.75, 3.05) is 12.3 Å². The van der Waals surface area contributed by atoms with Gasteiger partial charge in [0.1, 0.15) is 12.1 Å². The highest BCUT2D eigenvalue weighted by Crippen LogP contribution is 1.99. The Morgan fingerprint density at radius 1 is 0.893 bits per heavy atom. The molecule has 0 saturated heterocycles. The zero-order valence-corrected chi connectivity index (χ0v) is 15.5. The molecule has 13 nitrogen and oxygen atoms in total. The van der Waals surface area contributed by atoms with Crippen molar-refractivity contribution >= 4 is 48.3 Å². The molecule has 0 fully saturated rings. The summed E-state index contributed by atoms with van der Waals surface area (Å²) in [5.74, 6) is -6.93. The Balaban J connectivity index is 4.78. The average molecular weight is 422 g/mol. The molecule has 3 amide bonds. The molecule has 3 unspecified atom stereocenters. The lowest BCUT2D eigenvalue weighted by molar-refractivity contribution is -0.143. The van der Waals surface area contributed by atoms with Crippen molar-refractivity contribution in [1.82, 2.24) is 16.0 Å². The van der Waals surface area contributed by atoms with E-state index in [1.807, 2.05) is 5.32 Å². The first-order valence-corrected chi connectivity index (χ1v) is 8.51. The lowest BCUT2D eigenvalue weighted by Crippen LogP contribution is -2.54. The van der Waals surface area contributed by atoms with Crippen LogP contribution in [0.3, 0.4) is 0 Å². The van der Waals surface area contributed by atoms with Crippen LogP contribution in [0.15, 0.2) is 0 Å². The summed E-state index contributed by atoms with van der Waals surface area (Å²) in [5.41, 5.74) is 5.42. The van der Waals surface area contributed by atoms with E-state index in [1.54, 1.807) is 0 Å². The number of carbonyl (C=O) groups is 6. The predicted octanol–water partition coefficient (Wildman–Crippen LogP) is -3.25. The van der Waals surface area contributed by atoms with Crippen LogP contribution in [0.5, 0.6) is 0 Å². The maximum Gasteiger partial charge on any atom is 0.326 e. The maximum absolute atomic E-state index is 12.0. The van der Waals surface area contributed by atoms with E-state index < -0.39 is 73.1 Å². The fraction of sp³-hybridized carbons (Fsp3) is 0.571. The fourth-order valence-corrected chi connectivity index (χ4v) is 1.97. The molecule has 158 valence electrons. The van der Waals surface area contributed by atoms with Gasteiger partial charge in [0, 0.05) is 12.2 Å². The lowest BCUT2D eigenvalue weighted by atomic mass is 10.1. The van der Waals surface area contributed by atoms with E-state index in [0.717, 1.165) is 0 Å². The normalized spacial score (nSPS) is 13.5. The molecular formula is C14H22N4O9S. The number of carbonyl (C=O) groups excluding carboxylic acids is 3. The van der Waals surface area contributed by atoms with Crippen molar-refractivity contribution in [3.8, 4) is 0 Å². The molecule has 0 aromatic rings. The predicted molar refractivity (Wildman–Crippen MR) is 95.5 cm³/mol. The Kier molecular flexibility index (Phi) is 11.2. The summed E-state index contributed by atoms with van der Waals surface area (Å²) in [5, 5.41) is 32.5. The molecular weight excluding hydrogens is 400 g/mol. The Morgan fingerprint density at radius 2 is 1.50 bits per heavy atom. The van der Waals surface area contributed by atoms with Crippen LogP contribution < -0.4 is 21.7 Å². The highest BCUT2D eigenvalue weighted by Gasteiger charge is 2.27. The van der Waals surface area contributed by atoms with E-state index in [2.05, 4.69) is 23.3 Å². The second-order valence-corrected chi connectivity index (χ2v) is 5.92. The summed E-state index contributed by atoms with van der Waals surface area (Å²) < 4.78 is 0. The van der Waals surface area contributed by atoms with Gasteiger partial charge in [0.25, 0.3) is 0 Å². The van der Waals surface area contributed by atoms with E-state index in [9.17, 15) is 28.8 Å². The topological polar surface area (TPSA) is 225 Å². The summed E-state index contributed by atoms with van der Waals surface area (Å²) in [6.45, 7) is -0.722. The van der Waals surface area contributed by atoms with Crippen molar-refractivity contribution in [3.63, 3.8) is 0 Å². The average Bonchev–Trinajstić information content (AvgIpc) is 2.60. The fourth-order valence-electron chi connectivity index (χ4n) is 1.81. The highest BCUT2D eigenvalue weighted by atomic mass is 32.1. The van der Waals surface area contributed by atoms with Gasteiger partial charge in [-0.3, -0.25) is 24.0 Å². The Hall–Kier alpha value is -2.87. The Labute approximate surface area is 164 Å². The summed E-state index contributed by atoms with van der Waals surface area (Å²) in [6.07, 6.45) is -1.65. The van der Waals surface area contributed by atoms with Crippen LogP contribution in [0.2, 0.25) is 0 Å². The first-order chi connectivity index (χ1) is 13.0. The van der Waals surface area contributed by atoms with Gasteiger partial charge in [0.2, 0.25) is 17.7 Å². The monoisotopic (exact) mass is 422 g/mol. The van der Waals surface area contributed by atoms with Crippen molar-refractivity contribution < 1.29 is 44.1 Å². The smallest absolute Gasteiger partial charge is 0.326 e. The van der Waals surface area contributed by atoms with Crippen LogP contribution >= 0.6 is 12.6 Å². The van der Waals surface area contributed by atoms with Crippen LogP contribution in [0.25, 0.3) is 0 Å². The molecule has 0 aromatic carbocycles. The van der Waals surface area contributed by atoms with Gasteiger partial charge in [-0.25, -0.2) is 4.79 Å². The first kappa shape index (κ1) is 25.1. The second-order valence-electron chi connectivity index (χ2n) is 5.56. The number of aliphatic carboxylic acids is 3. The summed E-state index contributed by atoms with van der Waals surface area (Å²) >= 11 is 3.80. The highest BCUT2D eigenvalue weighted by molar-refractivity contribution is 7.80. The molecule has 0 aromatic heterocycles. The number of thiol groups is 1. The van der Waals surface area contributed by atoms with Crippen molar-refractivity contribution in [1.29, 1.82) is 0 Å². The van der Waals surface area contributed by atoms with Crippen molar-refractivity contribution in [3.05, 3.63) is 0 Å². The third-order valence-electron chi connectivity index (χ3n) is 3.25. The van der Waals surface area contributed by atoms with Crippen LogP contribution in [0.4, 0.5) is 0 Å². The van der Waals surface area contributed by atoms with Gasteiger partial charge >= 0.3 is 17.9 Å². The number of hydrogen-bond acceptors (Lipinski definition) is 8. The summed E-state index contributed by atoms with van der Waals surface area (Å²) in [4.78, 5) is 67.8. The van der Waals surface area contributed by atoms with Crippen LogP contribution in [-0.2, 0) is 28.8 Å².